The van der Waals surface area contributed by atoms with Gasteiger partial charge in [0.05, 0.1) is 6.04 Å². The van der Waals surface area contributed by atoms with E-state index in [-0.39, 0.29) is 6.04 Å². The van der Waals surface area contributed by atoms with Crippen LogP contribution >= 0.6 is 27.7 Å². The predicted octanol–water partition coefficient (Wildman–Crippen LogP) is 2.96. The molecule has 0 saturated carbocycles. The van der Waals surface area contributed by atoms with Crippen LogP contribution in [0.3, 0.4) is 0 Å². The van der Waals surface area contributed by atoms with Gasteiger partial charge in [0.15, 0.2) is 0 Å². The average molecular weight is 341 g/mol. The second-order valence-electron chi connectivity index (χ2n) is 4.06. The van der Waals surface area contributed by atoms with Crippen LogP contribution in [0, 0.1) is 0 Å². The Labute approximate surface area is 125 Å². The number of nitrogens with one attached hydrogen (secondary N) is 1. The monoisotopic (exact) mass is 340 g/mol. The van der Waals surface area contributed by atoms with Crippen molar-refractivity contribution >= 4 is 27.7 Å². The molecule has 1 aromatic heterocycles. The highest BCUT2D eigenvalue weighted by molar-refractivity contribution is 9.10. The van der Waals surface area contributed by atoms with Crippen molar-refractivity contribution in [2.75, 3.05) is 5.75 Å². The fraction of sp³-hybridized carbons (Fsp3) is 0.308. The standard InChI is InChI=1S/C13H17BrN4S/c1-2-18-7-6-16-13(18)12(17-15)9-19-11-5-3-4-10(14)8-11/h3-8,12,17H,2,9,15H2,1H3. The summed E-state index contributed by atoms with van der Waals surface area (Å²) < 4.78 is 3.19. The first-order valence-corrected chi connectivity index (χ1v) is 7.88. The molecule has 1 heterocycles. The highest BCUT2D eigenvalue weighted by Crippen LogP contribution is 2.26. The predicted molar refractivity (Wildman–Crippen MR) is 82.8 cm³/mol. The van der Waals surface area contributed by atoms with Crippen LogP contribution in [0.25, 0.3) is 0 Å². The number of halogens is 1. The third kappa shape index (κ3) is 3.82. The number of hydrogen-bond acceptors (Lipinski definition) is 4. The van der Waals surface area contributed by atoms with E-state index in [0.717, 1.165) is 22.6 Å². The Morgan fingerprint density at radius 1 is 1.53 bits per heavy atom. The minimum Gasteiger partial charge on any atom is -0.334 e. The Morgan fingerprint density at radius 3 is 3.05 bits per heavy atom. The first kappa shape index (κ1) is 14.6. The Kier molecular flexibility index (Phi) is 5.45. The molecule has 0 fully saturated rings. The summed E-state index contributed by atoms with van der Waals surface area (Å²) in [4.78, 5) is 5.60. The van der Waals surface area contributed by atoms with Gasteiger partial charge in [-0.1, -0.05) is 22.0 Å². The zero-order chi connectivity index (χ0) is 13.7. The van der Waals surface area contributed by atoms with Gasteiger partial charge in [0.25, 0.3) is 0 Å². The lowest BCUT2D eigenvalue weighted by molar-refractivity contribution is 0.540. The zero-order valence-corrected chi connectivity index (χ0v) is 13.1. The van der Waals surface area contributed by atoms with Crippen molar-refractivity contribution in [3.8, 4) is 0 Å². The Morgan fingerprint density at radius 2 is 2.37 bits per heavy atom. The molecule has 1 aromatic carbocycles. The Bertz CT molecular complexity index is 529. The van der Waals surface area contributed by atoms with Crippen molar-refractivity contribution in [1.82, 2.24) is 15.0 Å². The van der Waals surface area contributed by atoms with Crippen molar-refractivity contribution < 1.29 is 0 Å². The summed E-state index contributed by atoms with van der Waals surface area (Å²) in [6.07, 6.45) is 3.79. The molecule has 0 spiro atoms. The minimum atomic E-state index is 0.0407. The first-order valence-electron chi connectivity index (χ1n) is 6.10. The maximum Gasteiger partial charge on any atom is 0.128 e. The van der Waals surface area contributed by atoms with E-state index in [0.29, 0.717) is 0 Å². The van der Waals surface area contributed by atoms with Gasteiger partial charge in [0, 0.05) is 34.1 Å². The summed E-state index contributed by atoms with van der Waals surface area (Å²) in [7, 11) is 0. The summed E-state index contributed by atoms with van der Waals surface area (Å²) in [5.74, 6) is 7.47. The highest BCUT2D eigenvalue weighted by Gasteiger charge is 2.15. The maximum absolute atomic E-state index is 5.66. The van der Waals surface area contributed by atoms with Crippen molar-refractivity contribution in [3.63, 3.8) is 0 Å². The number of benzene rings is 1. The molecule has 0 saturated heterocycles. The van der Waals surface area contributed by atoms with Gasteiger partial charge in [0.1, 0.15) is 5.82 Å². The molecule has 2 rings (SSSR count). The number of hydrogen-bond donors (Lipinski definition) is 2. The average Bonchev–Trinajstić information content (AvgIpc) is 2.88. The molecule has 102 valence electrons. The van der Waals surface area contributed by atoms with Gasteiger partial charge in [-0.05, 0) is 25.1 Å². The minimum absolute atomic E-state index is 0.0407. The number of nitrogens with zero attached hydrogens (tertiary/aromatic N) is 2. The molecule has 0 radical (unpaired) electrons. The maximum atomic E-state index is 5.66. The molecule has 3 N–H and O–H groups in total. The van der Waals surface area contributed by atoms with Gasteiger partial charge in [0.2, 0.25) is 0 Å². The molecule has 1 atom stereocenters. The Hall–Kier alpha value is -0.820. The molecule has 0 amide bonds. The number of nitrogens with two attached hydrogens (primary N) is 1. The summed E-state index contributed by atoms with van der Waals surface area (Å²) in [5.41, 5.74) is 2.85. The van der Waals surface area contributed by atoms with E-state index in [2.05, 4.69) is 50.0 Å². The topological polar surface area (TPSA) is 55.9 Å². The summed E-state index contributed by atoms with van der Waals surface area (Å²) in [6, 6.07) is 8.29. The number of imidazole rings is 1. The van der Waals surface area contributed by atoms with Gasteiger partial charge >= 0.3 is 0 Å². The SMILES string of the molecule is CCn1ccnc1C(CSc1cccc(Br)c1)NN. The van der Waals surface area contributed by atoms with Gasteiger partial charge in [-0.2, -0.15) is 0 Å². The molecule has 1 unspecified atom stereocenters. The Balaban J connectivity index is 2.04. The van der Waals surface area contributed by atoms with E-state index in [1.165, 1.54) is 4.90 Å². The molecule has 0 aliphatic rings. The normalized spacial score (nSPS) is 12.6. The van der Waals surface area contributed by atoms with E-state index in [4.69, 9.17) is 5.84 Å². The lowest BCUT2D eigenvalue weighted by atomic mass is 10.3. The fourth-order valence-electron chi connectivity index (χ4n) is 1.83. The molecular weight excluding hydrogens is 324 g/mol. The summed E-state index contributed by atoms with van der Waals surface area (Å²) in [6.45, 7) is 3.00. The number of aromatic nitrogens is 2. The van der Waals surface area contributed by atoms with Crippen molar-refractivity contribution in [3.05, 3.63) is 47.0 Å². The molecule has 19 heavy (non-hydrogen) atoms. The van der Waals surface area contributed by atoms with Gasteiger partial charge in [-0.15, -0.1) is 11.8 Å². The number of rotatable bonds is 6. The molecule has 0 aliphatic carbocycles. The van der Waals surface area contributed by atoms with E-state index < -0.39 is 0 Å². The third-order valence-electron chi connectivity index (χ3n) is 2.81. The molecule has 6 heteroatoms. The van der Waals surface area contributed by atoms with Crippen LogP contribution in [-0.4, -0.2) is 15.3 Å². The van der Waals surface area contributed by atoms with Gasteiger partial charge < -0.3 is 4.57 Å². The van der Waals surface area contributed by atoms with E-state index >= 15 is 0 Å². The van der Waals surface area contributed by atoms with Crippen LogP contribution in [0.4, 0.5) is 0 Å². The quantitative estimate of drug-likeness (QED) is 0.482. The molecule has 0 aliphatic heterocycles. The van der Waals surface area contributed by atoms with Crippen molar-refractivity contribution in [2.24, 2.45) is 5.84 Å². The highest BCUT2D eigenvalue weighted by atomic mass is 79.9. The molecular formula is C13H17BrN4S. The van der Waals surface area contributed by atoms with Crippen LogP contribution < -0.4 is 11.3 Å². The lowest BCUT2D eigenvalue weighted by Gasteiger charge is -2.16. The second kappa shape index (κ2) is 7.09. The molecule has 2 aromatic rings. The zero-order valence-electron chi connectivity index (χ0n) is 10.7. The number of hydrazine groups is 1. The lowest BCUT2D eigenvalue weighted by Crippen LogP contribution is -2.31. The van der Waals surface area contributed by atoms with Crippen LogP contribution in [-0.2, 0) is 6.54 Å². The van der Waals surface area contributed by atoms with E-state index in [1.807, 2.05) is 24.5 Å². The number of thioether (sulfide) groups is 1. The fourth-order valence-corrected chi connectivity index (χ4v) is 3.37. The van der Waals surface area contributed by atoms with Crippen LogP contribution in [0.15, 0.2) is 46.0 Å². The smallest absolute Gasteiger partial charge is 0.128 e. The summed E-state index contributed by atoms with van der Waals surface area (Å²) >= 11 is 5.24. The number of aryl methyl sites for hydroxylation is 1. The van der Waals surface area contributed by atoms with Crippen molar-refractivity contribution in [1.29, 1.82) is 0 Å². The third-order valence-corrected chi connectivity index (χ3v) is 4.39. The second-order valence-corrected chi connectivity index (χ2v) is 6.07. The van der Waals surface area contributed by atoms with Crippen LogP contribution in [0.5, 0.6) is 0 Å². The molecule has 4 nitrogen and oxygen atoms in total. The first-order chi connectivity index (χ1) is 9.24. The van der Waals surface area contributed by atoms with Crippen LogP contribution in [0.1, 0.15) is 18.8 Å². The van der Waals surface area contributed by atoms with E-state index in [1.54, 1.807) is 11.8 Å². The summed E-state index contributed by atoms with van der Waals surface area (Å²) in [5, 5.41) is 0. The van der Waals surface area contributed by atoms with E-state index in [9.17, 15) is 0 Å². The van der Waals surface area contributed by atoms with Gasteiger partial charge in [-0.25, -0.2) is 10.4 Å². The van der Waals surface area contributed by atoms with Crippen LogP contribution in [0.2, 0.25) is 0 Å². The van der Waals surface area contributed by atoms with Crippen molar-refractivity contribution in [2.45, 2.75) is 24.4 Å². The largest absolute Gasteiger partial charge is 0.334 e. The van der Waals surface area contributed by atoms with Gasteiger partial charge in [-0.3, -0.25) is 5.84 Å². The molecule has 0 bridgehead atoms.